The highest BCUT2D eigenvalue weighted by Crippen LogP contribution is 2.26. The summed E-state index contributed by atoms with van der Waals surface area (Å²) in [5, 5.41) is 11.8. The standard InChI is InChI=1S/C11H17N3O3S/c1-5-6(10(16)17)9(18-14-5)13-8(15)7(12)11(2,3)4/h7H,12H2,1-4H3,(H,13,15)(H,16,17)/t7-/m1/s1. The number of nitrogens with zero attached hydrogens (tertiary/aromatic N) is 1. The van der Waals surface area contributed by atoms with Gasteiger partial charge in [-0.3, -0.25) is 4.79 Å². The van der Waals surface area contributed by atoms with Crippen LogP contribution in [0.2, 0.25) is 0 Å². The van der Waals surface area contributed by atoms with Crippen LogP contribution in [-0.4, -0.2) is 27.4 Å². The number of hydrogen-bond donors (Lipinski definition) is 3. The monoisotopic (exact) mass is 271 g/mol. The molecule has 0 unspecified atom stereocenters. The smallest absolute Gasteiger partial charge is 0.340 e. The Labute approximate surface area is 109 Å². The highest BCUT2D eigenvalue weighted by molar-refractivity contribution is 7.11. The fourth-order valence-corrected chi connectivity index (χ4v) is 2.08. The molecule has 0 bridgehead atoms. The van der Waals surface area contributed by atoms with Gasteiger partial charge in [0, 0.05) is 0 Å². The Balaban J connectivity index is 2.93. The van der Waals surface area contributed by atoms with E-state index < -0.39 is 23.3 Å². The lowest BCUT2D eigenvalue weighted by atomic mass is 9.87. The van der Waals surface area contributed by atoms with Gasteiger partial charge >= 0.3 is 5.97 Å². The van der Waals surface area contributed by atoms with Gasteiger partial charge in [0.15, 0.2) is 0 Å². The predicted molar refractivity (Wildman–Crippen MR) is 69.9 cm³/mol. The molecule has 0 aliphatic rings. The third-order valence-electron chi connectivity index (χ3n) is 2.53. The molecule has 1 amide bonds. The first-order valence-electron chi connectivity index (χ1n) is 5.40. The highest BCUT2D eigenvalue weighted by Gasteiger charge is 2.29. The van der Waals surface area contributed by atoms with E-state index in [0.29, 0.717) is 5.69 Å². The van der Waals surface area contributed by atoms with Crippen molar-refractivity contribution in [1.82, 2.24) is 4.37 Å². The third kappa shape index (κ3) is 3.05. The minimum atomic E-state index is -1.11. The molecule has 0 aromatic carbocycles. The summed E-state index contributed by atoms with van der Waals surface area (Å²) in [5.41, 5.74) is 5.81. The summed E-state index contributed by atoms with van der Waals surface area (Å²) < 4.78 is 3.92. The lowest BCUT2D eigenvalue weighted by molar-refractivity contribution is -0.119. The van der Waals surface area contributed by atoms with Crippen molar-refractivity contribution in [1.29, 1.82) is 0 Å². The lowest BCUT2D eigenvalue weighted by Gasteiger charge is -2.25. The zero-order valence-corrected chi connectivity index (χ0v) is 11.6. The van der Waals surface area contributed by atoms with Crippen LogP contribution in [0.4, 0.5) is 5.00 Å². The van der Waals surface area contributed by atoms with Crippen LogP contribution < -0.4 is 11.1 Å². The second-order valence-electron chi connectivity index (χ2n) is 5.11. The molecule has 0 aliphatic heterocycles. The number of nitrogens with two attached hydrogens (primary N) is 1. The van der Waals surface area contributed by atoms with E-state index in [0.717, 1.165) is 11.5 Å². The van der Waals surface area contributed by atoms with E-state index in [2.05, 4.69) is 9.69 Å². The summed E-state index contributed by atoms with van der Waals surface area (Å²) in [6, 6.07) is -0.721. The van der Waals surface area contributed by atoms with Gasteiger partial charge in [0.05, 0.1) is 11.7 Å². The van der Waals surface area contributed by atoms with Crippen LogP contribution in [-0.2, 0) is 4.79 Å². The topological polar surface area (TPSA) is 105 Å². The quantitative estimate of drug-likeness (QED) is 0.771. The zero-order valence-electron chi connectivity index (χ0n) is 10.8. The van der Waals surface area contributed by atoms with E-state index in [1.165, 1.54) is 0 Å². The largest absolute Gasteiger partial charge is 0.478 e. The van der Waals surface area contributed by atoms with Crippen LogP contribution in [0.1, 0.15) is 36.8 Å². The number of carboxylic acids is 1. The number of aromatic nitrogens is 1. The maximum atomic E-state index is 11.9. The summed E-state index contributed by atoms with van der Waals surface area (Å²) in [7, 11) is 0. The minimum absolute atomic E-state index is 0.0226. The number of amides is 1. The SMILES string of the molecule is Cc1nsc(NC(=O)[C@@H](N)C(C)(C)C)c1C(=O)O. The lowest BCUT2D eigenvalue weighted by Crippen LogP contribution is -2.45. The van der Waals surface area contributed by atoms with Crippen molar-refractivity contribution in [2.24, 2.45) is 11.1 Å². The van der Waals surface area contributed by atoms with Gasteiger partial charge in [0.25, 0.3) is 0 Å². The zero-order chi connectivity index (χ0) is 14.1. The number of carbonyl (C=O) groups excluding carboxylic acids is 1. The summed E-state index contributed by atoms with van der Waals surface area (Å²) in [6.45, 7) is 7.10. The second-order valence-corrected chi connectivity index (χ2v) is 5.88. The van der Waals surface area contributed by atoms with Crippen molar-refractivity contribution in [2.75, 3.05) is 5.32 Å². The van der Waals surface area contributed by atoms with E-state index in [1.54, 1.807) is 6.92 Å². The molecule has 0 fully saturated rings. The molecule has 0 radical (unpaired) electrons. The molecule has 1 rings (SSSR count). The Morgan fingerprint density at radius 1 is 1.44 bits per heavy atom. The van der Waals surface area contributed by atoms with Gasteiger partial charge in [0.2, 0.25) is 5.91 Å². The number of anilines is 1. The minimum Gasteiger partial charge on any atom is -0.478 e. The van der Waals surface area contributed by atoms with Crippen LogP contribution in [0.5, 0.6) is 0 Å². The van der Waals surface area contributed by atoms with Crippen LogP contribution in [0, 0.1) is 12.3 Å². The number of nitrogens with one attached hydrogen (secondary N) is 1. The van der Waals surface area contributed by atoms with E-state index in [9.17, 15) is 9.59 Å². The predicted octanol–water partition coefficient (Wildman–Crippen LogP) is 1.46. The molecule has 4 N–H and O–H groups in total. The van der Waals surface area contributed by atoms with Crippen molar-refractivity contribution >= 4 is 28.4 Å². The van der Waals surface area contributed by atoms with Gasteiger partial charge in [-0.05, 0) is 23.9 Å². The van der Waals surface area contributed by atoms with Gasteiger partial charge in [0.1, 0.15) is 10.6 Å². The molecule has 0 aliphatic carbocycles. The molecule has 1 aromatic rings. The highest BCUT2D eigenvalue weighted by atomic mass is 32.1. The average Bonchev–Trinajstić information content (AvgIpc) is 2.57. The number of aryl methyl sites for hydroxylation is 1. The van der Waals surface area contributed by atoms with Crippen LogP contribution >= 0.6 is 11.5 Å². The third-order valence-corrected chi connectivity index (χ3v) is 3.38. The summed E-state index contributed by atoms with van der Waals surface area (Å²) >= 11 is 0.943. The molecule has 1 heterocycles. The van der Waals surface area contributed by atoms with Crippen LogP contribution in [0.3, 0.4) is 0 Å². The number of aromatic carboxylic acids is 1. The van der Waals surface area contributed by atoms with Crippen LogP contribution in [0.15, 0.2) is 0 Å². The van der Waals surface area contributed by atoms with E-state index >= 15 is 0 Å². The summed E-state index contributed by atoms with van der Waals surface area (Å²) in [5.74, 6) is -1.52. The Hall–Kier alpha value is -1.47. The Morgan fingerprint density at radius 2 is 2.00 bits per heavy atom. The molecule has 1 aromatic heterocycles. The van der Waals surface area contributed by atoms with Gasteiger partial charge in [-0.25, -0.2) is 4.79 Å². The van der Waals surface area contributed by atoms with Gasteiger partial charge in [-0.2, -0.15) is 4.37 Å². The Bertz CT molecular complexity index is 476. The summed E-state index contributed by atoms with van der Waals surface area (Å²) in [4.78, 5) is 22.9. The number of rotatable bonds is 3. The molecule has 18 heavy (non-hydrogen) atoms. The van der Waals surface area contributed by atoms with Crippen molar-refractivity contribution in [3.05, 3.63) is 11.3 Å². The Kier molecular flexibility index (Phi) is 4.08. The van der Waals surface area contributed by atoms with Crippen molar-refractivity contribution in [2.45, 2.75) is 33.7 Å². The second kappa shape index (κ2) is 5.03. The maximum absolute atomic E-state index is 11.9. The van der Waals surface area contributed by atoms with Gasteiger partial charge in [-0.1, -0.05) is 20.8 Å². The van der Waals surface area contributed by atoms with Crippen molar-refractivity contribution in [3.8, 4) is 0 Å². The molecule has 0 saturated heterocycles. The first-order chi connectivity index (χ1) is 8.14. The molecule has 0 spiro atoms. The molecule has 0 saturated carbocycles. The fraction of sp³-hybridized carbons (Fsp3) is 0.545. The van der Waals surface area contributed by atoms with Gasteiger partial charge in [-0.15, -0.1) is 0 Å². The van der Waals surface area contributed by atoms with E-state index in [4.69, 9.17) is 10.8 Å². The normalized spacial score (nSPS) is 13.2. The van der Waals surface area contributed by atoms with Crippen molar-refractivity contribution in [3.63, 3.8) is 0 Å². The number of carbonyl (C=O) groups is 2. The first-order valence-corrected chi connectivity index (χ1v) is 6.18. The molecule has 100 valence electrons. The van der Waals surface area contributed by atoms with Crippen LogP contribution in [0.25, 0.3) is 0 Å². The summed E-state index contributed by atoms with van der Waals surface area (Å²) in [6.07, 6.45) is 0. The van der Waals surface area contributed by atoms with Gasteiger partial charge < -0.3 is 16.2 Å². The first kappa shape index (κ1) is 14.6. The molecule has 6 nitrogen and oxygen atoms in total. The molecule has 1 atom stereocenters. The maximum Gasteiger partial charge on any atom is 0.340 e. The Morgan fingerprint density at radius 3 is 2.44 bits per heavy atom. The fourth-order valence-electron chi connectivity index (χ4n) is 1.29. The molecular weight excluding hydrogens is 254 g/mol. The molecule has 7 heteroatoms. The van der Waals surface area contributed by atoms with E-state index in [-0.39, 0.29) is 10.6 Å². The average molecular weight is 271 g/mol. The number of hydrogen-bond acceptors (Lipinski definition) is 5. The number of carboxylic acid groups (broad SMARTS) is 1. The molecular formula is C11H17N3O3S. The van der Waals surface area contributed by atoms with E-state index in [1.807, 2.05) is 20.8 Å². The van der Waals surface area contributed by atoms with Crippen molar-refractivity contribution < 1.29 is 14.7 Å².